The van der Waals surface area contributed by atoms with Gasteiger partial charge in [-0.15, -0.1) is 0 Å². The molecule has 0 atom stereocenters. The molecule has 0 amide bonds. The number of benzene rings is 2. The molecule has 0 bridgehead atoms. The third-order valence-corrected chi connectivity index (χ3v) is 2.27. The van der Waals surface area contributed by atoms with E-state index in [-0.39, 0.29) is 0 Å². The minimum atomic E-state index is 0.330. The van der Waals surface area contributed by atoms with E-state index >= 15 is 0 Å². The highest BCUT2D eigenvalue weighted by Gasteiger charge is 2.01. The van der Waals surface area contributed by atoms with Gasteiger partial charge in [-0.2, -0.15) is 0 Å². The number of hydrogen-bond acceptors (Lipinski definition) is 1. The third kappa shape index (κ3) is 2.86. The Bertz CT molecular complexity index is 429. The molecule has 2 rings (SSSR count). The van der Waals surface area contributed by atoms with Crippen LogP contribution in [0.25, 0.3) is 11.1 Å². The lowest BCUT2D eigenvalue weighted by Crippen LogP contribution is -1.78. The van der Waals surface area contributed by atoms with Crippen LogP contribution in [0.15, 0.2) is 48.5 Å². The van der Waals surface area contributed by atoms with E-state index in [0.29, 0.717) is 5.75 Å². The summed E-state index contributed by atoms with van der Waals surface area (Å²) in [6, 6.07) is 15.5. The first-order chi connectivity index (χ1) is 7.77. The zero-order valence-electron chi connectivity index (χ0n) is 10.1. The molecular formula is C15H18O. The van der Waals surface area contributed by atoms with Crippen molar-refractivity contribution in [2.45, 2.75) is 20.8 Å². The second-order valence-electron chi connectivity index (χ2n) is 3.38. The normalized spacial score (nSPS) is 9.19. The zero-order chi connectivity index (χ0) is 12.0. The van der Waals surface area contributed by atoms with Crippen LogP contribution in [0.1, 0.15) is 19.4 Å². The summed E-state index contributed by atoms with van der Waals surface area (Å²) in [4.78, 5) is 0. The first kappa shape index (κ1) is 12.3. The summed E-state index contributed by atoms with van der Waals surface area (Å²) >= 11 is 0. The molecule has 1 N–H and O–H groups in total. The van der Waals surface area contributed by atoms with E-state index in [2.05, 4.69) is 6.92 Å². The maximum absolute atomic E-state index is 9.63. The molecule has 0 aliphatic heterocycles. The van der Waals surface area contributed by atoms with Gasteiger partial charge in [0.25, 0.3) is 0 Å². The van der Waals surface area contributed by atoms with Crippen LogP contribution < -0.4 is 0 Å². The van der Waals surface area contributed by atoms with Crippen LogP contribution in [-0.4, -0.2) is 5.11 Å². The number of phenols is 1. The number of rotatable bonds is 1. The third-order valence-electron chi connectivity index (χ3n) is 2.27. The van der Waals surface area contributed by atoms with Gasteiger partial charge in [0.1, 0.15) is 5.75 Å². The van der Waals surface area contributed by atoms with E-state index in [0.717, 1.165) is 11.1 Å². The van der Waals surface area contributed by atoms with E-state index in [4.69, 9.17) is 0 Å². The topological polar surface area (TPSA) is 20.2 Å². The molecule has 0 saturated heterocycles. The second kappa shape index (κ2) is 5.96. The first-order valence-corrected chi connectivity index (χ1v) is 5.62. The van der Waals surface area contributed by atoms with Gasteiger partial charge >= 0.3 is 0 Å². The van der Waals surface area contributed by atoms with E-state index in [1.54, 1.807) is 6.07 Å². The molecule has 16 heavy (non-hydrogen) atoms. The zero-order valence-corrected chi connectivity index (χ0v) is 10.1. The monoisotopic (exact) mass is 214 g/mol. The highest BCUT2D eigenvalue weighted by atomic mass is 16.3. The Morgan fingerprint density at radius 3 is 1.94 bits per heavy atom. The lowest BCUT2D eigenvalue weighted by atomic mass is 10.0. The molecule has 2 aromatic rings. The van der Waals surface area contributed by atoms with Crippen molar-refractivity contribution in [1.82, 2.24) is 0 Å². The summed E-state index contributed by atoms with van der Waals surface area (Å²) in [6.45, 7) is 6.05. The highest BCUT2D eigenvalue weighted by Crippen LogP contribution is 2.28. The molecule has 0 unspecified atom stereocenters. The fraction of sp³-hybridized carbons (Fsp3) is 0.200. The standard InChI is InChI=1S/C13H12O.C2H6/c1-10-6-8-11(9-7-10)12-4-2-3-5-13(12)14;1-2/h2-9,14H,1H3;1-2H3. The molecule has 0 saturated carbocycles. The van der Waals surface area contributed by atoms with Gasteiger partial charge in [-0.3, -0.25) is 0 Å². The molecule has 84 valence electrons. The molecule has 0 heterocycles. The fourth-order valence-corrected chi connectivity index (χ4v) is 1.45. The number of phenolic OH excluding ortho intramolecular Hbond substituents is 1. The van der Waals surface area contributed by atoms with Crippen molar-refractivity contribution in [3.8, 4) is 16.9 Å². The molecule has 0 aliphatic rings. The van der Waals surface area contributed by atoms with Gasteiger partial charge in [0.15, 0.2) is 0 Å². The molecular weight excluding hydrogens is 196 g/mol. The van der Waals surface area contributed by atoms with Gasteiger partial charge < -0.3 is 5.11 Å². The van der Waals surface area contributed by atoms with Crippen molar-refractivity contribution in [2.24, 2.45) is 0 Å². The van der Waals surface area contributed by atoms with Crippen LogP contribution >= 0.6 is 0 Å². The fourth-order valence-electron chi connectivity index (χ4n) is 1.45. The lowest BCUT2D eigenvalue weighted by Gasteiger charge is -2.04. The van der Waals surface area contributed by atoms with Crippen LogP contribution in [0.5, 0.6) is 5.75 Å². The van der Waals surface area contributed by atoms with Gasteiger partial charge in [-0.05, 0) is 18.6 Å². The molecule has 0 spiro atoms. The molecule has 1 nitrogen and oxygen atoms in total. The van der Waals surface area contributed by atoms with Crippen molar-refractivity contribution < 1.29 is 5.11 Å². The largest absolute Gasteiger partial charge is 0.507 e. The van der Waals surface area contributed by atoms with Crippen LogP contribution in [0.3, 0.4) is 0 Å². The average Bonchev–Trinajstić information content (AvgIpc) is 2.34. The van der Waals surface area contributed by atoms with Crippen LogP contribution in [0.4, 0.5) is 0 Å². The van der Waals surface area contributed by atoms with E-state index in [9.17, 15) is 5.11 Å². The van der Waals surface area contributed by atoms with Crippen molar-refractivity contribution >= 4 is 0 Å². The summed E-state index contributed by atoms with van der Waals surface area (Å²) in [7, 11) is 0. The van der Waals surface area contributed by atoms with Crippen LogP contribution in [0.2, 0.25) is 0 Å². The first-order valence-electron chi connectivity index (χ1n) is 5.62. The van der Waals surface area contributed by atoms with Gasteiger partial charge in [0.05, 0.1) is 0 Å². The minimum Gasteiger partial charge on any atom is -0.507 e. The van der Waals surface area contributed by atoms with E-state index in [1.807, 2.05) is 56.3 Å². The van der Waals surface area contributed by atoms with E-state index < -0.39 is 0 Å². The Hall–Kier alpha value is -1.76. The lowest BCUT2D eigenvalue weighted by molar-refractivity contribution is 0.477. The Balaban J connectivity index is 0.000000606. The number of aryl methyl sites for hydroxylation is 1. The highest BCUT2D eigenvalue weighted by molar-refractivity contribution is 5.69. The Morgan fingerprint density at radius 1 is 0.812 bits per heavy atom. The van der Waals surface area contributed by atoms with Gasteiger partial charge in [-0.1, -0.05) is 61.9 Å². The Morgan fingerprint density at radius 2 is 1.38 bits per heavy atom. The average molecular weight is 214 g/mol. The number of hydrogen-bond donors (Lipinski definition) is 1. The SMILES string of the molecule is CC.Cc1ccc(-c2ccccc2O)cc1. The van der Waals surface area contributed by atoms with Crippen LogP contribution in [-0.2, 0) is 0 Å². The Labute approximate surface area is 97.4 Å². The van der Waals surface area contributed by atoms with Crippen molar-refractivity contribution in [1.29, 1.82) is 0 Å². The van der Waals surface area contributed by atoms with Crippen molar-refractivity contribution in [2.75, 3.05) is 0 Å². The van der Waals surface area contributed by atoms with Crippen molar-refractivity contribution in [3.63, 3.8) is 0 Å². The molecule has 1 heteroatoms. The van der Waals surface area contributed by atoms with Gasteiger partial charge in [-0.25, -0.2) is 0 Å². The second-order valence-corrected chi connectivity index (χ2v) is 3.38. The van der Waals surface area contributed by atoms with Gasteiger partial charge in [0, 0.05) is 5.56 Å². The maximum atomic E-state index is 9.63. The predicted octanol–water partition coefficient (Wildman–Crippen LogP) is 4.39. The maximum Gasteiger partial charge on any atom is 0.123 e. The number of aromatic hydroxyl groups is 1. The smallest absolute Gasteiger partial charge is 0.123 e. The molecule has 2 aromatic carbocycles. The van der Waals surface area contributed by atoms with E-state index in [1.165, 1.54) is 5.56 Å². The molecule has 0 aromatic heterocycles. The van der Waals surface area contributed by atoms with Crippen LogP contribution in [0, 0.1) is 6.92 Å². The van der Waals surface area contributed by atoms with Gasteiger partial charge in [0.2, 0.25) is 0 Å². The number of para-hydroxylation sites is 1. The summed E-state index contributed by atoms with van der Waals surface area (Å²) in [6.07, 6.45) is 0. The summed E-state index contributed by atoms with van der Waals surface area (Å²) in [5.41, 5.74) is 3.16. The summed E-state index contributed by atoms with van der Waals surface area (Å²) < 4.78 is 0. The van der Waals surface area contributed by atoms with Crippen molar-refractivity contribution in [3.05, 3.63) is 54.1 Å². The predicted molar refractivity (Wildman–Crippen MR) is 69.6 cm³/mol. The molecule has 0 radical (unpaired) electrons. The quantitative estimate of drug-likeness (QED) is 0.746. The minimum absolute atomic E-state index is 0.330. The summed E-state index contributed by atoms with van der Waals surface area (Å²) in [5.74, 6) is 0.330. The molecule has 0 fully saturated rings. The molecule has 0 aliphatic carbocycles. The summed E-state index contributed by atoms with van der Waals surface area (Å²) in [5, 5.41) is 9.63. The Kier molecular flexibility index (Phi) is 4.59.